The number of alkyl halides is 1. The van der Waals surface area contributed by atoms with E-state index in [1.165, 1.54) is 0 Å². The van der Waals surface area contributed by atoms with Crippen molar-refractivity contribution in [2.24, 2.45) is 0 Å². The van der Waals surface area contributed by atoms with E-state index in [1.807, 2.05) is 27.7 Å². The minimum absolute atomic E-state index is 0.00800. The van der Waals surface area contributed by atoms with Crippen molar-refractivity contribution < 1.29 is 19.0 Å². The number of hydrogen-bond donors (Lipinski definition) is 0. The number of nitrogens with zero attached hydrogens (tertiary/aromatic N) is 1. The van der Waals surface area contributed by atoms with Gasteiger partial charge in [0.05, 0.1) is 30.2 Å². The van der Waals surface area contributed by atoms with Gasteiger partial charge in [0, 0.05) is 13.7 Å². The normalized spacial score (nSPS) is 25.5. The van der Waals surface area contributed by atoms with Gasteiger partial charge in [-0.05, 0) is 27.7 Å². The quantitative estimate of drug-likeness (QED) is 0.739. The lowest BCUT2D eigenvalue weighted by atomic mass is 10.2. The molecular formula is C13H24BrNO4. The van der Waals surface area contributed by atoms with E-state index in [0.29, 0.717) is 19.7 Å². The van der Waals surface area contributed by atoms with Crippen molar-refractivity contribution in [2.45, 2.75) is 50.3 Å². The second-order valence-corrected chi connectivity index (χ2v) is 7.02. The van der Waals surface area contributed by atoms with Crippen molar-refractivity contribution in [3.05, 3.63) is 0 Å². The number of ether oxygens (including phenoxy) is 3. The van der Waals surface area contributed by atoms with Crippen molar-refractivity contribution in [3.8, 4) is 0 Å². The summed E-state index contributed by atoms with van der Waals surface area (Å²) >= 11 is 3.56. The smallest absolute Gasteiger partial charge is 0.410 e. The molecule has 1 aliphatic heterocycles. The number of methoxy groups -OCH3 is 1. The molecule has 3 atom stereocenters. The minimum atomic E-state index is -0.471. The van der Waals surface area contributed by atoms with Crippen LogP contribution < -0.4 is 0 Å². The van der Waals surface area contributed by atoms with Gasteiger partial charge in [0.2, 0.25) is 0 Å². The molecule has 3 unspecified atom stereocenters. The van der Waals surface area contributed by atoms with E-state index in [2.05, 4.69) is 15.9 Å². The van der Waals surface area contributed by atoms with Gasteiger partial charge in [0.1, 0.15) is 5.60 Å². The number of rotatable bonds is 4. The highest BCUT2D eigenvalue weighted by Gasteiger charge is 2.37. The highest BCUT2D eigenvalue weighted by molar-refractivity contribution is 9.09. The van der Waals surface area contributed by atoms with Gasteiger partial charge < -0.3 is 19.1 Å². The molecule has 1 aliphatic rings. The van der Waals surface area contributed by atoms with Crippen LogP contribution >= 0.6 is 15.9 Å². The summed E-state index contributed by atoms with van der Waals surface area (Å²) in [5.74, 6) is 0. The lowest BCUT2D eigenvalue weighted by Crippen LogP contribution is -2.36. The van der Waals surface area contributed by atoms with E-state index in [4.69, 9.17) is 14.2 Å². The maximum absolute atomic E-state index is 12.0. The molecule has 0 bridgehead atoms. The minimum Gasteiger partial charge on any atom is -0.444 e. The predicted molar refractivity (Wildman–Crippen MR) is 76.7 cm³/mol. The van der Waals surface area contributed by atoms with E-state index in [-0.39, 0.29) is 23.1 Å². The first-order valence-electron chi connectivity index (χ1n) is 6.49. The number of carbonyl (C=O) groups excluding carboxylic acids is 1. The standard InChI is InChI=1S/C13H24BrNO4/c1-9(8-17-5)18-11-7-15(6-10(11)14)12(16)19-13(2,3)4/h9-11H,6-8H2,1-5H3. The molecule has 1 heterocycles. The van der Waals surface area contributed by atoms with Gasteiger partial charge in [-0.1, -0.05) is 15.9 Å². The zero-order chi connectivity index (χ0) is 14.6. The fourth-order valence-electron chi connectivity index (χ4n) is 1.91. The van der Waals surface area contributed by atoms with Crippen molar-refractivity contribution in [1.29, 1.82) is 0 Å². The molecule has 1 rings (SSSR count). The van der Waals surface area contributed by atoms with E-state index >= 15 is 0 Å². The highest BCUT2D eigenvalue weighted by Crippen LogP contribution is 2.23. The van der Waals surface area contributed by atoms with Crippen LogP contribution in [0.5, 0.6) is 0 Å². The number of amides is 1. The Morgan fingerprint density at radius 2 is 2.05 bits per heavy atom. The first-order valence-corrected chi connectivity index (χ1v) is 7.41. The lowest BCUT2D eigenvalue weighted by Gasteiger charge is -2.24. The van der Waals surface area contributed by atoms with E-state index in [1.54, 1.807) is 12.0 Å². The van der Waals surface area contributed by atoms with Crippen LogP contribution in [-0.2, 0) is 14.2 Å². The Bertz CT molecular complexity index is 306. The van der Waals surface area contributed by atoms with Gasteiger partial charge in [-0.2, -0.15) is 0 Å². The molecule has 0 aromatic carbocycles. The second-order valence-electron chi connectivity index (χ2n) is 5.84. The van der Waals surface area contributed by atoms with Gasteiger partial charge in [-0.15, -0.1) is 0 Å². The maximum Gasteiger partial charge on any atom is 0.410 e. The summed E-state index contributed by atoms with van der Waals surface area (Å²) in [4.78, 5) is 13.8. The van der Waals surface area contributed by atoms with E-state index in [9.17, 15) is 4.79 Å². The van der Waals surface area contributed by atoms with Gasteiger partial charge in [-0.3, -0.25) is 0 Å². The van der Waals surface area contributed by atoms with E-state index in [0.717, 1.165) is 0 Å². The van der Waals surface area contributed by atoms with Crippen molar-refractivity contribution in [1.82, 2.24) is 4.90 Å². The van der Waals surface area contributed by atoms with Crippen LogP contribution in [0.25, 0.3) is 0 Å². The fraction of sp³-hybridized carbons (Fsp3) is 0.923. The third-order valence-corrected chi connectivity index (χ3v) is 3.54. The molecule has 0 spiro atoms. The molecule has 0 saturated carbocycles. The molecule has 6 heteroatoms. The molecule has 19 heavy (non-hydrogen) atoms. The first-order chi connectivity index (χ1) is 8.73. The van der Waals surface area contributed by atoms with Gasteiger partial charge in [0.25, 0.3) is 0 Å². The lowest BCUT2D eigenvalue weighted by molar-refractivity contribution is -0.0331. The zero-order valence-corrected chi connectivity index (χ0v) is 13.9. The molecular weight excluding hydrogens is 314 g/mol. The topological polar surface area (TPSA) is 48.0 Å². The SMILES string of the molecule is COCC(C)OC1CN(C(=O)OC(C)(C)C)CC1Br. The Morgan fingerprint density at radius 1 is 1.42 bits per heavy atom. The average molecular weight is 338 g/mol. The number of halogens is 1. The van der Waals surface area contributed by atoms with Crippen molar-refractivity contribution in [2.75, 3.05) is 26.8 Å². The maximum atomic E-state index is 12.0. The summed E-state index contributed by atoms with van der Waals surface area (Å²) < 4.78 is 16.3. The third kappa shape index (κ3) is 5.67. The van der Waals surface area contributed by atoms with Crippen LogP contribution in [0.4, 0.5) is 4.79 Å². The van der Waals surface area contributed by atoms with Crippen LogP contribution in [0.15, 0.2) is 0 Å². The third-order valence-electron chi connectivity index (χ3n) is 2.66. The van der Waals surface area contributed by atoms with Crippen LogP contribution in [-0.4, -0.2) is 60.4 Å². The molecule has 1 saturated heterocycles. The summed E-state index contributed by atoms with van der Waals surface area (Å²) in [6, 6.07) is 0. The van der Waals surface area contributed by atoms with Crippen molar-refractivity contribution in [3.63, 3.8) is 0 Å². The number of carbonyl (C=O) groups is 1. The Hall–Kier alpha value is -0.330. The molecule has 0 aromatic heterocycles. The van der Waals surface area contributed by atoms with Gasteiger partial charge >= 0.3 is 6.09 Å². The Morgan fingerprint density at radius 3 is 2.58 bits per heavy atom. The summed E-state index contributed by atoms with van der Waals surface area (Å²) in [5, 5.41) is 0. The van der Waals surface area contributed by atoms with Gasteiger partial charge in [-0.25, -0.2) is 4.79 Å². The highest BCUT2D eigenvalue weighted by atomic mass is 79.9. The molecule has 1 fully saturated rings. The Balaban J connectivity index is 2.48. The van der Waals surface area contributed by atoms with Crippen LogP contribution in [0.3, 0.4) is 0 Å². The fourth-order valence-corrected chi connectivity index (χ4v) is 2.55. The molecule has 112 valence electrons. The summed E-state index contributed by atoms with van der Waals surface area (Å²) in [5.41, 5.74) is -0.471. The zero-order valence-electron chi connectivity index (χ0n) is 12.3. The largest absolute Gasteiger partial charge is 0.444 e. The van der Waals surface area contributed by atoms with Crippen molar-refractivity contribution >= 4 is 22.0 Å². The van der Waals surface area contributed by atoms with Crippen LogP contribution in [0, 0.1) is 0 Å². The second kappa shape index (κ2) is 6.90. The van der Waals surface area contributed by atoms with Crippen LogP contribution in [0.1, 0.15) is 27.7 Å². The summed E-state index contributed by atoms with van der Waals surface area (Å²) in [7, 11) is 1.65. The monoisotopic (exact) mass is 337 g/mol. The Labute approximate surface area is 123 Å². The van der Waals surface area contributed by atoms with Crippen LogP contribution in [0.2, 0.25) is 0 Å². The molecule has 5 nitrogen and oxygen atoms in total. The molecule has 0 radical (unpaired) electrons. The first kappa shape index (κ1) is 16.7. The molecule has 0 aromatic rings. The molecule has 0 N–H and O–H groups in total. The molecule has 1 amide bonds. The number of hydrogen-bond acceptors (Lipinski definition) is 4. The summed E-state index contributed by atoms with van der Waals surface area (Å²) in [6.45, 7) is 9.23. The number of likely N-dealkylation sites (tertiary alicyclic amines) is 1. The Kier molecular flexibility index (Phi) is 6.08. The summed E-state index contributed by atoms with van der Waals surface area (Å²) in [6.07, 6.45) is -0.311. The average Bonchev–Trinajstić information content (AvgIpc) is 2.58. The molecule has 0 aliphatic carbocycles. The predicted octanol–water partition coefficient (Wildman–Crippen LogP) is 2.42. The van der Waals surface area contributed by atoms with E-state index < -0.39 is 5.60 Å². The van der Waals surface area contributed by atoms with Gasteiger partial charge in [0.15, 0.2) is 0 Å².